The van der Waals surface area contributed by atoms with Gasteiger partial charge in [0.2, 0.25) is 15.9 Å². The summed E-state index contributed by atoms with van der Waals surface area (Å²) in [6.07, 6.45) is 9.55. The number of piperidine rings is 1. The van der Waals surface area contributed by atoms with Crippen molar-refractivity contribution in [3.63, 3.8) is 0 Å². The third-order valence-electron chi connectivity index (χ3n) is 5.71. The van der Waals surface area contributed by atoms with Gasteiger partial charge in [-0.1, -0.05) is 56.3 Å². The number of hydrogen-bond acceptors (Lipinski definition) is 4. The third-order valence-corrected chi connectivity index (χ3v) is 7.47. The first-order chi connectivity index (χ1) is 15.7. The predicted octanol–water partition coefficient (Wildman–Crippen LogP) is 3.63. The molecule has 33 heavy (non-hydrogen) atoms. The third kappa shape index (κ3) is 7.92. The molecule has 1 aliphatic heterocycles. The number of sulfonamides is 1. The monoisotopic (exact) mass is 469 g/mol. The van der Waals surface area contributed by atoms with Crippen LogP contribution in [0.3, 0.4) is 0 Å². The Hall–Kier alpha value is -2.82. The molecule has 0 radical (unpaired) electrons. The SMILES string of the molecule is C#C.CC(C)CN(Cc1ccc(N2CCC(C(N)=O)CC2)cc1)S(=O)(=O)Cc1ccccc1. The highest BCUT2D eigenvalue weighted by atomic mass is 32.2. The van der Waals surface area contributed by atoms with Crippen LogP contribution in [0.5, 0.6) is 0 Å². The van der Waals surface area contributed by atoms with E-state index in [0.717, 1.165) is 42.7 Å². The normalized spacial score (nSPS) is 14.7. The maximum atomic E-state index is 13.1. The molecule has 2 aromatic carbocycles. The van der Waals surface area contributed by atoms with Gasteiger partial charge in [0.25, 0.3) is 0 Å². The number of nitrogens with zero attached hydrogens (tertiary/aromatic N) is 2. The van der Waals surface area contributed by atoms with Gasteiger partial charge in [-0.15, -0.1) is 12.8 Å². The number of nitrogens with two attached hydrogens (primary N) is 1. The van der Waals surface area contributed by atoms with Crippen LogP contribution in [0.2, 0.25) is 0 Å². The van der Waals surface area contributed by atoms with Crippen LogP contribution >= 0.6 is 0 Å². The number of hydrogen-bond donors (Lipinski definition) is 1. The standard InChI is InChI=1S/C24H33N3O3S.C2H2/c1-19(2)16-27(31(29,30)18-21-6-4-3-5-7-21)17-20-8-10-23(11-9-20)26-14-12-22(13-15-26)24(25)28;1-2/h3-11,19,22H,12-18H2,1-2H3,(H2,25,28);1-2H. The van der Waals surface area contributed by atoms with E-state index in [9.17, 15) is 13.2 Å². The minimum Gasteiger partial charge on any atom is -0.371 e. The first kappa shape index (κ1) is 26.4. The van der Waals surface area contributed by atoms with Gasteiger partial charge in [0.05, 0.1) is 5.75 Å². The Kier molecular flexibility index (Phi) is 9.95. The maximum absolute atomic E-state index is 13.1. The lowest BCUT2D eigenvalue weighted by atomic mass is 9.96. The Bertz CT molecular complexity index is 994. The van der Waals surface area contributed by atoms with Gasteiger partial charge >= 0.3 is 0 Å². The lowest BCUT2D eigenvalue weighted by molar-refractivity contribution is -0.122. The van der Waals surface area contributed by atoms with Crippen LogP contribution in [0.25, 0.3) is 0 Å². The molecule has 2 N–H and O–H groups in total. The highest BCUT2D eigenvalue weighted by Crippen LogP contribution is 2.24. The summed E-state index contributed by atoms with van der Waals surface area (Å²) < 4.78 is 27.8. The van der Waals surface area contributed by atoms with Gasteiger partial charge in [-0.2, -0.15) is 4.31 Å². The van der Waals surface area contributed by atoms with E-state index in [2.05, 4.69) is 17.7 Å². The van der Waals surface area contributed by atoms with Crippen LogP contribution in [0, 0.1) is 24.7 Å². The molecule has 0 aliphatic carbocycles. The van der Waals surface area contributed by atoms with Crippen LogP contribution in [-0.4, -0.2) is 38.3 Å². The topological polar surface area (TPSA) is 83.7 Å². The molecule has 0 unspecified atom stereocenters. The first-order valence-corrected chi connectivity index (χ1v) is 12.8. The molecule has 0 atom stereocenters. The first-order valence-electron chi connectivity index (χ1n) is 11.2. The molecule has 0 aromatic heterocycles. The van der Waals surface area contributed by atoms with Gasteiger partial charge in [0, 0.05) is 37.8 Å². The molecule has 1 aliphatic rings. The number of carbonyl (C=O) groups is 1. The van der Waals surface area contributed by atoms with Crippen molar-refractivity contribution in [2.45, 2.75) is 39.0 Å². The minimum atomic E-state index is -3.43. The predicted molar refractivity (Wildman–Crippen MR) is 135 cm³/mol. The molecule has 6 nitrogen and oxygen atoms in total. The van der Waals surface area contributed by atoms with E-state index in [0.29, 0.717) is 13.1 Å². The van der Waals surface area contributed by atoms with E-state index in [-0.39, 0.29) is 23.5 Å². The van der Waals surface area contributed by atoms with Crippen molar-refractivity contribution < 1.29 is 13.2 Å². The van der Waals surface area contributed by atoms with Crippen molar-refractivity contribution in [1.29, 1.82) is 0 Å². The number of rotatable bonds is 9. The largest absolute Gasteiger partial charge is 0.371 e. The van der Waals surface area contributed by atoms with E-state index in [1.54, 1.807) is 4.31 Å². The molecule has 1 amide bonds. The minimum absolute atomic E-state index is 0.00739. The van der Waals surface area contributed by atoms with E-state index in [1.807, 2.05) is 68.4 Å². The summed E-state index contributed by atoms with van der Waals surface area (Å²) in [6.45, 7) is 6.51. The second-order valence-electron chi connectivity index (χ2n) is 8.76. The van der Waals surface area contributed by atoms with Crippen molar-refractivity contribution in [1.82, 2.24) is 4.31 Å². The van der Waals surface area contributed by atoms with Crippen molar-refractivity contribution in [3.05, 3.63) is 65.7 Å². The lowest BCUT2D eigenvalue weighted by Gasteiger charge is -2.32. The Labute approximate surface area is 198 Å². The Morgan fingerprint density at radius 3 is 2.12 bits per heavy atom. The number of anilines is 1. The van der Waals surface area contributed by atoms with E-state index in [4.69, 9.17) is 5.73 Å². The summed E-state index contributed by atoms with van der Waals surface area (Å²) in [7, 11) is -3.43. The van der Waals surface area contributed by atoms with E-state index >= 15 is 0 Å². The van der Waals surface area contributed by atoms with Gasteiger partial charge in [0.15, 0.2) is 0 Å². The van der Waals surface area contributed by atoms with Crippen LogP contribution < -0.4 is 10.6 Å². The number of amides is 1. The molecule has 1 saturated heterocycles. The molecule has 0 spiro atoms. The van der Waals surface area contributed by atoms with Gasteiger partial charge < -0.3 is 10.6 Å². The average Bonchev–Trinajstić information content (AvgIpc) is 2.80. The molecular weight excluding hydrogens is 434 g/mol. The fourth-order valence-electron chi connectivity index (χ4n) is 4.00. The second kappa shape index (κ2) is 12.4. The highest BCUT2D eigenvalue weighted by Gasteiger charge is 2.25. The van der Waals surface area contributed by atoms with E-state index in [1.165, 1.54) is 0 Å². The lowest BCUT2D eigenvalue weighted by Crippen LogP contribution is -2.38. The molecule has 0 saturated carbocycles. The summed E-state index contributed by atoms with van der Waals surface area (Å²) in [5.41, 5.74) is 8.28. The van der Waals surface area contributed by atoms with Crippen LogP contribution in [0.4, 0.5) is 5.69 Å². The molecule has 2 aromatic rings. The van der Waals surface area contributed by atoms with E-state index < -0.39 is 10.0 Å². The molecule has 1 heterocycles. The van der Waals surface area contributed by atoms with Gasteiger partial charge in [-0.3, -0.25) is 4.79 Å². The Balaban J connectivity index is 0.00000187. The van der Waals surface area contributed by atoms with Crippen molar-refractivity contribution in [2.24, 2.45) is 17.6 Å². The molecular formula is C26H35N3O3S. The summed E-state index contributed by atoms with van der Waals surface area (Å²) in [4.78, 5) is 13.6. The van der Waals surface area contributed by atoms with Crippen LogP contribution in [0.1, 0.15) is 37.8 Å². The number of primary amides is 1. The summed E-state index contributed by atoms with van der Waals surface area (Å²) >= 11 is 0. The maximum Gasteiger partial charge on any atom is 0.220 e. The number of carbonyl (C=O) groups excluding carboxylic acids is 1. The Morgan fingerprint density at radius 2 is 1.61 bits per heavy atom. The molecule has 1 fully saturated rings. The van der Waals surface area contributed by atoms with Crippen LogP contribution in [-0.2, 0) is 27.1 Å². The summed E-state index contributed by atoms with van der Waals surface area (Å²) in [5, 5.41) is 0. The van der Waals surface area contributed by atoms with Gasteiger partial charge in [0.1, 0.15) is 0 Å². The zero-order valence-electron chi connectivity index (χ0n) is 19.6. The molecule has 0 bridgehead atoms. The zero-order chi connectivity index (χ0) is 24.4. The molecule has 178 valence electrons. The van der Waals surface area contributed by atoms with Crippen molar-refractivity contribution in [2.75, 3.05) is 24.5 Å². The van der Waals surface area contributed by atoms with Crippen LogP contribution in [0.15, 0.2) is 54.6 Å². The average molecular weight is 470 g/mol. The van der Waals surface area contributed by atoms with Crippen molar-refractivity contribution in [3.8, 4) is 12.8 Å². The number of terminal acetylenes is 1. The molecule has 7 heteroatoms. The Morgan fingerprint density at radius 1 is 1.03 bits per heavy atom. The molecule has 3 rings (SSSR count). The quantitative estimate of drug-likeness (QED) is 0.569. The summed E-state index contributed by atoms with van der Waals surface area (Å²) in [5.74, 6) is -0.00348. The van der Waals surface area contributed by atoms with Gasteiger partial charge in [-0.25, -0.2) is 8.42 Å². The van der Waals surface area contributed by atoms with Gasteiger partial charge in [-0.05, 0) is 42.0 Å². The highest BCUT2D eigenvalue weighted by molar-refractivity contribution is 7.88. The fraction of sp³-hybridized carbons (Fsp3) is 0.423. The summed E-state index contributed by atoms with van der Waals surface area (Å²) in [6, 6.07) is 17.4. The van der Waals surface area contributed by atoms with Crippen molar-refractivity contribution >= 4 is 21.6 Å². The second-order valence-corrected chi connectivity index (χ2v) is 10.7. The zero-order valence-corrected chi connectivity index (χ0v) is 20.4. The number of benzene rings is 2. The smallest absolute Gasteiger partial charge is 0.220 e. The fourth-order valence-corrected chi connectivity index (χ4v) is 5.67.